The zero-order valence-electron chi connectivity index (χ0n) is 20.6. The van der Waals surface area contributed by atoms with Gasteiger partial charge in [0.25, 0.3) is 5.91 Å². The van der Waals surface area contributed by atoms with Crippen LogP contribution in [0.4, 0.5) is 0 Å². The molecule has 0 fully saturated rings. The Morgan fingerprint density at radius 3 is 2.26 bits per heavy atom. The van der Waals surface area contributed by atoms with Crippen LogP contribution < -0.4 is 8.92 Å². The van der Waals surface area contributed by atoms with Gasteiger partial charge in [0.2, 0.25) is 5.17 Å². The van der Waals surface area contributed by atoms with Gasteiger partial charge in [0, 0.05) is 5.56 Å². The molecular weight excluding hydrogens is 524 g/mol. The number of fused-ring (bicyclic) bond motifs is 1. The van der Waals surface area contributed by atoms with Crippen LogP contribution in [0.2, 0.25) is 0 Å². The van der Waals surface area contributed by atoms with E-state index in [1.54, 1.807) is 18.2 Å². The molecule has 0 atom stereocenters. The molecule has 2 heterocycles. The molecule has 2 aliphatic heterocycles. The maximum atomic E-state index is 12.8. The van der Waals surface area contributed by atoms with E-state index in [1.165, 1.54) is 54.2 Å². The van der Waals surface area contributed by atoms with Crippen molar-refractivity contribution >= 4 is 49.9 Å². The molecule has 1 amide bonds. The monoisotopic (exact) mass is 546 g/mol. The molecule has 0 bridgehead atoms. The van der Waals surface area contributed by atoms with E-state index >= 15 is 0 Å². The number of hydrogen-bond donors (Lipinski definition) is 1. The van der Waals surface area contributed by atoms with Crippen LogP contribution >= 0.6 is 11.8 Å². The lowest BCUT2D eigenvalue weighted by Crippen LogP contribution is -2.35. The Hall–Kier alpha value is -4.22. The number of hydrazone groups is 1. The molecule has 192 valence electrons. The van der Waals surface area contributed by atoms with Crippen molar-refractivity contribution in [2.75, 3.05) is 7.11 Å². The fourth-order valence-electron chi connectivity index (χ4n) is 3.69. The first-order valence-electron chi connectivity index (χ1n) is 11.4. The Bertz CT molecular complexity index is 1660. The summed E-state index contributed by atoms with van der Waals surface area (Å²) < 4.78 is 36.1. The van der Waals surface area contributed by atoms with Crippen molar-refractivity contribution in [1.29, 1.82) is 5.41 Å². The van der Waals surface area contributed by atoms with Gasteiger partial charge in [0.15, 0.2) is 17.3 Å². The molecule has 0 unspecified atom stereocenters. The minimum Gasteiger partial charge on any atom is -0.493 e. The lowest BCUT2D eigenvalue weighted by Gasteiger charge is -2.20. The summed E-state index contributed by atoms with van der Waals surface area (Å²) in [6, 6.07) is 18.6. The standard InChI is InChI=1S/C27H22N4O5S2/c1-16-4-9-19(10-5-16)26-30-31-24(28)21(25(32)29-27(31)37-26)14-18-8-13-22(23(15-18)35-3)36-38(33,34)20-11-6-17(2)7-12-20/h4-15,28H,1-3H3/b21-14+,28-24?. The number of aliphatic imine (C=N–C) groups is 1. The highest BCUT2D eigenvalue weighted by Gasteiger charge is 2.36. The summed E-state index contributed by atoms with van der Waals surface area (Å²) in [5.74, 6) is -0.555. The van der Waals surface area contributed by atoms with Crippen LogP contribution in [0.5, 0.6) is 11.5 Å². The maximum absolute atomic E-state index is 12.8. The van der Waals surface area contributed by atoms with Crippen molar-refractivity contribution < 1.29 is 22.1 Å². The molecule has 3 aromatic rings. The zero-order chi connectivity index (χ0) is 27.0. The maximum Gasteiger partial charge on any atom is 0.339 e. The molecule has 11 heteroatoms. The number of benzene rings is 3. The summed E-state index contributed by atoms with van der Waals surface area (Å²) in [7, 11) is -2.71. The lowest BCUT2D eigenvalue weighted by atomic mass is 10.1. The molecule has 0 saturated heterocycles. The van der Waals surface area contributed by atoms with Gasteiger partial charge in [-0.1, -0.05) is 53.6 Å². The highest BCUT2D eigenvalue weighted by atomic mass is 32.2. The number of amides is 1. The number of carbonyl (C=O) groups is 1. The molecular formula is C27H22N4O5S2. The second-order valence-corrected chi connectivity index (χ2v) is 11.1. The first-order valence-corrected chi connectivity index (χ1v) is 13.6. The van der Waals surface area contributed by atoms with E-state index in [9.17, 15) is 13.2 Å². The van der Waals surface area contributed by atoms with Gasteiger partial charge in [-0.05, 0) is 61.5 Å². The largest absolute Gasteiger partial charge is 0.493 e. The SMILES string of the molecule is COc1cc(/C=C2\C(=N)N3N=C(c4ccc(C)cc4)SC3=NC2=O)ccc1OS(=O)(=O)c1ccc(C)cc1. The summed E-state index contributed by atoms with van der Waals surface area (Å²) in [4.78, 5) is 16.9. The second-order valence-electron chi connectivity index (χ2n) is 8.55. The Balaban J connectivity index is 1.41. The smallest absolute Gasteiger partial charge is 0.339 e. The number of hydrogen-bond acceptors (Lipinski definition) is 8. The van der Waals surface area contributed by atoms with Gasteiger partial charge in [0.1, 0.15) is 9.94 Å². The molecule has 0 saturated carbocycles. The van der Waals surface area contributed by atoms with Gasteiger partial charge in [-0.15, -0.1) is 0 Å². The van der Waals surface area contributed by atoms with Crippen molar-refractivity contribution in [3.8, 4) is 11.5 Å². The number of nitrogens with one attached hydrogen (secondary N) is 1. The quantitative estimate of drug-likeness (QED) is 0.350. The predicted octanol–water partition coefficient (Wildman–Crippen LogP) is 4.75. The topological polar surface area (TPSA) is 121 Å². The van der Waals surface area contributed by atoms with Crippen molar-refractivity contribution in [3.63, 3.8) is 0 Å². The van der Waals surface area contributed by atoms with Gasteiger partial charge >= 0.3 is 10.1 Å². The Morgan fingerprint density at radius 2 is 1.61 bits per heavy atom. The minimum atomic E-state index is -4.09. The average molecular weight is 547 g/mol. The third kappa shape index (κ3) is 4.98. The molecule has 1 N–H and O–H groups in total. The number of methoxy groups -OCH3 is 1. The molecule has 3 aromatic carbocycles. The van der Waals surface area contributed by atoms with Gasteiger partial charge in [-0.25, -0.2) is 0 Å². The lowest BCUT2D eigenvalue weighted by molar-refractivity contribution is -0.114. The van der Waals surface area contributed by atoms with Crippen molar-refractivity contribution in [1.82, 2.24) is 5.01 Å². The van der Waals surface area contributed by atoms with Crippen molar-refractivity contribution in [2.24, 2.45) is 10.1 Å². The van der Waals surface area contributed by atoms with Crippen LogP contribution in [0.3, 0.4) is 0 Å². The Labute approximate surface area is 224 Å². The van der Waals surface area contributed by atoms with Gasteiger partial charge in [0.05, 0.1) is 12.7 Å². The molecule has 0 aliphatic carbocycles. The fraction of sp³-hybridized carbons (Fsp3) is 0.111. The third-order valence-electron chi connectivity index (χ3n) is 5.76. The molecule has 2 aliphatic rings. The predicted molar refractivity (Wildman–Crippen MR) is 147 cm³/mol. The first kappa shape index (κ1) is 25.4. The average Bonchev–Trinajstić information content (AvgIpc) is 3.32. The van der Waals surface area contributed by atoms with E-state index in [-0.39, 0.29) is 27.8 Å². The summed E-state index contributed by atoms with van der Waals surface area (Å²) in [6.45, 7) is 3.84. The number of thioether (sulfide) groups is 1. The van der Waals surface area contributed by atoms with Gasteiger partial charge in [-0.2, -0.15) is 23.5 Å². The summed E-state index contributed by atoms with van der Waals surface area (Å²) in [6.07, 6.45) is 1.48. The fourth-order valence-corrected chi connectivity index (χ4v) is 5.52. The second kappa shape index (κ2) is 9.92. The van der Waals surface area contributed by atoms with E-state index in [0.717, 1.165) is 16.7 Å². The third-order valence-corrected chi connectivity index (χ3v) is 7.97. The number of rotatable bonds is 6. The summed E-state index contributed by atoms with van der Waals surface area (Å²) >= 11 is 1.23. The number of amidine groups is 2. The Kier molecular flexibility index (Phi) is 6.64. The van der Waals surface area contributed by atoms with Crippen molar-refractivity contribution in [3.05, 3.63) is 94.6 Å². The van der Waals surface area contributed by atoms with E-state index in [2.05, 4.69) is 10.1 Å². The van der Waals surface area contributed by atoms with E-state index < -0.39 is 16.0 Å². The molecule has 0 spiro atoms. The van der Waals surface area contributed by atoms with Crippen LogP contribution in [0, 0.1) is 19.3 Å². The van der Waals surface area contributed by atoms with Crippen LogP contribution in [-0.2, 0) is 14.9 Å². The van der Waals surface area contributed by atoms with E-state index in [4.69, 9.17) is 14.3 Å². The van der Waals surface area contributed by atoms with Crippen LogP contribution in [-0.4, -0.2) is 42.5 Å². The van der Waals surface area contributed by atoms with Crippen LogP contribution in [0.1, 0.15) is 22.3 Å². The van der Waals surface area contributed by atoms with Gasteiger partial charge < -0.3 is 8.92 Å². The Morgan fingerprint density at radius 1 is 0.947 bits per heavy atom. The molecule has 0 radical (unpaired) electrons. The van der Waals surface area contributed by atoms with Crippen LogP contribution in [0.25, 0.3) is 6.08 Å². The van der Waals surface area contributed by atoms with Crippen molar-refractivity contribution in [2.45, 2.75) is 18.7 Å². The minimum absolute atomic E-state index is 0.0103. The van der Waals surface area contributed by atoms with E-state index in [0.29, 0.717) is 15.8 Å². The molecule has 38 heavy (non-hydrogen) atoms. The van der Waals surface area contributed by atoms with Gasteiger partial charge in [-0.3, -0.25) is 10.2 Å². The number of ether oxygens (including phenoxy) is 1. The first-order chi connectivity index (χ1) is 18.1. The normalized spacial score (nSPS) is 16.3. The van der Waals surface area contributed by atoms with Crippen LogP contribution in [0.15, 0.2) is 87.3 Å². The van der Waals surface area contributed by atoms with E-state index in [1.807, 2.05) is 38.1 Å². The zero-order valence-corrected chi connectivity index (χ0v) is 22.3. The molecule has 5 rings (SSSR count). The number of carbonyl (C=O) groups excluding carboxylic acids is 1. The summed E-state index contributed by atoms with van der Waals surface area (Å²) in [5.41, 5.74) is 3.42. The highest BCUT2D eigenvalue weighted by Crippen LogP contribution is 2.34. The highest BCUT2D eigenvalue weighted by molar-refractivity contribution is 8.27. The summed E-state index contributed by atoms with van der Waals surface area (Å²) in [5, 5.41) is 15.4. The molecule has 0 aromatic heterocycles. The molecule has 9 nitrogen and oxygen atoms in total. The number of nitrogens with zero attached hydrogens (tertiary/aromatic N) is 3. The number of aryl methyl sites for hydroxylation is 2.